The minimum atomic E-state index is -0.368. The number of rotatable bonds is 2. The number of methoxy groups -OCH3 is 1. The molecule has 5 heteroatoms. The molecule has 1 spiro atoms. The number of piperidine rings is 1. The summed E-state index contributed by atoms with van der Waals surface area (Å²) in [6.45, 7) is 2.17. The number of hydrogen-bond donors (Lipinski definition) is 1. The summed E-state index contributed by atoms with van der Waals surface area (Å²) < 4.78 is 19.1. The van der Waals surface area contributed by atoms with Gasteiger partial charge in [-0.1, -0.05) is 17.7 Å². The van der Waals surface area contributed by atoms with Crippen molar-refractivity contribution in [3.8, 4) is 0 Å². The molecular formula is C15H20Cl2FNO. The lowest BCUT2D eigenvalue weighted by atomic mass is 9.53. The van der Waals surface area contributed by atoms with Crippen molar-refractivity contribution < 1.29 is 9.13 Å². The van der Waals surface area contributed by atoms with E-state index in [9.17, 15) is 4.39 Å². The van der Waals surface area contributed by atoms with Gasteiger partial charge in [0.2, 0.25) is 0 Å². The first-order valence-corrected chi connectivity index (χ1v) is 7.18. The van der Waals surface area contributed by atoms with Crippen LogP contribution in [-0.2, 0) is 10.3 Å². The second-order valence-electron chi connectivity index (χ2n) is 5.93. The van der Waals surface area contributed by atoms with Gasteiger partial charge in [-0.2, -0.15) is 0 Å². The second kappa shape index (κ2) is 5.80. The van der Waals surface area contributed by atoms with Gasteiger partial charge in [0.05, 0.1) is 10.6 Å². The van der Waals surface area contributed by atoms with Crippen LogP contribution in [0.15, 0.2) is 18.2 Å². The summed E-state index contributed by atoms with van der Waals surface area (Å²) in [6, 6.07) is 4.96. The van der Waals surface area contributed by atoms with Gasteiger partial charge in [-0.3, -0.25) is 0 Å². The minimum Gasteiger partial charge on any atom is -0.373 e. The Hall–Kier alpha value is -0.350. The number of benzene rings is 1. The molecule has 2 fully saturated rings. The lowest BCUT2D eigenvalue weighted by Gasteiger charge is -2.57. The standard InChI is InChI=1S/C15H19ClFNO.ClH/c1-19-15(11-2-3-13(17)12(16)8-11)9-14(10-15)4-6-18-7-5-14;/h2-3,8,18H,4-7,9-10H2,1H3;1H. The van der Waals surface area contributed by atoms with Crippen molar-refractivity contribution >= 4 is 24.0 Å². The smallest absolute Gasteiger partial charge is 0.141 e. The van der Waals surface area contributed by atoms with Crippen LogP contribution in [0.3, 0.4) is 0 Å². The Labute approximate surface area is 130 Å². The highest BCUT2D eigenvalue weighted by Gasteiger charge is 2.55. The predicted molar refractivity (Wildman–Crippen MR) is 81.1 cm³/mol. The summed E-state index contributed by atoms with van der Waals surface area (Å²) in [4.78, 5) is 0. The molecule has 1 N–H and O–H groups in total. The van der Waals surface area contributed by atoms with Crippen LogP contribution in [0.4, 0.5) is 4.39 Å². The zero-order valence-corrected chi connectivity index (χ0v) is 13.1. The highest BCUT2D eigenvalue weighted by atomic mass is 35.5. The Morgan fingerprint density at radius 1 is 1.25 bits per heavy atom. The second-order valence-corrected chi connectivity index (χ2v) is 6.34. The maximum absolute atomic E-state index is 13.3. The summed E-state index contributed by atoms with van der Waals surface area (Å²) >= 11 is 5.89. The molecule has 1 aromatic rings. The Bertz CT molecular complexity index is 481. The molecule has 0 bridgehead atoms. The molecule has 0 amide bonds. The predicted octanol–water partition coefficient (Wildman–Crippen LogP) is 3.91. The van der Waals surface area contributed by atoms with Crippen molar-refractivity contribution in [3.63, 3.8) is 0 Å². The van der Waals surface area contributed by atoms with E-state index in [4.69, 9.17) is 16.3 Å². The summed E-state index contributed by atoms with van der Waals surface area (Å²) in [5, 5.41) is 3.58. The molecule has 0 aromatic heterocycles. The van der Waals surface area contributed by atoms with Crippen LogP contribution >= 0.6 is 24.0 Å². The van der Waals surface area contributed by atoms with Crippen molar-refractivity contribution in [2.45, 2.75) is 31.3 Å². The van der Waals surface area contributed by atoms with Gasteiger partial charge in [0.15, 0.2) is 0 Å². The van der Waals surface area contributed by atoms with Crippen LogP contribution in [0.1, 0.15) is 31.2 Å². The molecule has 1 aliphatic heterocycles. The molecular weight excluding hydrogens is 300 g/mol. The van der Waals surface area contributed by atoms with Gasteiger partial charge in [0, 0.05) is 7.11 Å². The minimum absolute atomic E-state index is 0. The molecule has 0 unspecified atom stereocenters. The average molecular weight is 320 g/mol. The Kier molecular flexibility index (Phi) is 4.65. The highest BCUT2D eigenvalue weighted by molar-refractivity contribution is 6.30. The van der Waals surface area contributed by atoms with Crippen molar-refractivity contribution in [2.24, 2.45) is 5.41 Å². The van der Waals surface area contributed by atoms with Crippen LogP contribution in [0, 0.1) is 11.2 Å². The van der Waals surface area contributed by atoms with Gasteiger partial charge in [0.1, 0.15) is 5.82 Å². The zero-order valence-electron chi connectivity index (χ0n) is 11.5. The van der Waals surface area contributed by atoms with E-state index in [0.717, 1.165) is 31.5 Å². The van der Waals surface area contributed by atoms with Crippen LogP contribution in [0.5, 0.6) is 0 Å². The third-order valence-electron chi connectivity index (χ3n) is 4.82. The lowest BCUT2D eigenvalue weighted by Crippen LogP contribution is -2.54. The van der Waals surface area contributed by atoms with Gasteiger partial charge >= 0.3 is 0 Å². The van der Waals surface area contributed by atoms with Crippen molar-refractivity contribution in [1.82, 2.24) is 5.32 Å². The first kappa shape index (κ1) is 16.0. The fourth-order valence-electron chi connectivity index (χ4n) is 3.72. The van der Waals surface area contributed by atoms with Crippen LogP contribution < -0.4 is 5.32 Å². The van der Waals surface area contributed by atoms with Crippen molar-refractivity contribution in [2.75, 3.05) is 20.2 Å². The van der Waals surface area contributed by atoms with Gasteiger partial charge in [-0.05, 0) is 61.9 Å². The van der Waals surface area contributed by atoms with E-state index in [0.29, 0.717) is 5.41 Å². The van der Waals surface area contributed by atoms with Crippen LogP contribution in [0.2, 0.25) is 5.02 Å². The third kappa shape index (κ3) is 2.57. The quantitative estimate of drug-likeness (QED) is 0.892. The van der Waals surface area contributed by atoms with E-state index in [1.165, 1.54) is 18.9 Å². The Balaban J connectivity index is 0.00000147. The maximum atomic E-state index is 13.3. The topological polar surface area (TPSA) is 21.3 Å². The highest BCUT2D eigenvalue weighted by Crippen LogP contribution is 2.60. The summed E-state index contributed by atoms with van der Waals surface area (Å²) in [5.41, 5.74) is 1.14. The van der Waals surface area contributed by atoms with Gasteiger partial charge in [0.25, 0.3) is 0 Å². The van der Waals surface area contributed by atoms with E-state index in [1.54, 1.807) is 19.2 Å². The molecule has 112 valence electrons. The van der Waals surface area contributed by atoms with Gasteiger partial charge in [-0.15, -0.1) is 12.4 Å². The van der Waals surface area contributed by atoms with Crippen LogP contribution in [0.25, 0.3) is 0 Å². The summed E-state index contributed by atoms with van der Waals surface area (Å²) in [5.74, 6) is -0.368. The third-order valence-corrected chi connectivity index (χ3v) is 5.11. The number of hydrogen-bond acceptors (Lipinski definition) is 2. The molecule has 1 aromatic carbocycles. The molecule has 0 radical (unpaired) electrons. The largest absolute Gasteiger partial charge is 0.373 e. The fraction of sp³-hybridized carbons (Fsp3) is 0.600. The Morgan fingerprint density at radius 2 is 1.90 bits per heavy atom. The first-order valence-electron chi connectivity index (χ1n) is 6.81. The van der Waals surface area contributed by atoms with Crippen LogP contribution in [-0.4, -0.2) is 20.2 Å². The molecule has 1 saturated heterocycles. The van der Waals surface area contributed by atoms with E-state index >= 15 is 0 Å². The number of halogens is 3. The lowest BCUT2D eigenvalue weighted by molar-refractivity contribution is -0.168. The SMILES string of the molecule is COC1(c2ccc(F)c(Cl)c2)CC2(CCNCC2)C1.Cl. The van der Waals surface area contributed by atoms with Gasteiger partial charge in [-0.25, -0.2) is 4.39 Å². The molecule has 20 heavy (non-hydrogen) atoms. The number of ether oxygens (including phenoxy) is 1. The molecule has 2 aliphatic rings. The fourth-order valence-corrected chi connectivity index (χ4v) is 3.90. The van der Waals surface area contributed by atoms with E-state index in [-0.39, 0.29) is 28.8 Å². The summed E-state index contributed by atoms with van der Waals surface area (Å²) in [6.07, 6.45) is 4.43. The van der Waals surface area contributed by atoms with Crippen molar-refractivity contribution in [3.05, 3.63) is 34.6 Å². The van der Waals surface area contributed by atoms with E-state index < -0.39 is 0 Å². The van der Waals surface area contributed by atoms with Crippen molar-refractivity contribution in [1.29, 1.82) is 0 Å². The monoisotopic (exact) mass is 319 g/mol. The molecule has 1 heterocycles. The molecule has 2 nitrogen and oxygen atoms in total. The molecule has 1 aliphatic carbocycles. The normalized spacial score (nSPS) is 22.9. The Morgan fingerprint density at radius 3 is 2.45 bits per heavy atom. The van der Waals surface area contributed by atoms with E-state index in [2.05, 4.69) is 5.32 Å². The van der Waals surface area contributed by atoms with E-state index in [1.807, 2.05) is 0 Å². The maximum Gasteiger partial charge on any atom is 0.141 e. The van der Waals surface area contributed by atoms with Gasteiger partial charge < -0.3 is 10.1 Å². The zero-order chi connectivity index (χ0) is 13.5. The average Bonchev–Trinajstić information content (AvgIpc) is 2.40. The molecule has 3 rings (SSSR count). The molecule has 1 saturated carbocycles. The summed E-state index contributed by atoms with van der Waals surface area (Å²) in [7, 11) is 1.74. The molecule has 0 atom stereocenters. The first-order chi connectivity index (χ1) is 9.09. The number of nitrogens with one attached hydrogen (secondary N) is 1.